The van der Waals surface area contributed by atoms with Crippen LogP contribution in [0.2, 0.25) is 0 Å². The van der Waals surface area contributed by atoms with Gasteiger partial charge in [-0.1, -0.05) is 42.5 Å². The van der Waals surface area contributed by atoms with Crippen LogP contribution >= 0.6 is 0 Å². The van der Waals surface area contributed by atoms with Crippen molar-refractivity contribution in [1.29, 1.82) is 0 Å². The summed E-state index contributed by atoms with van der Waals surface area (Å²) < 4.78 is 6.02. The number of hydrazone groups is 1. The van der Waals surface area contributed by atoms with Crippen LogP contribution in [0.15, 0.2) is 59.7 Å². The normalized spacial score (nSPS) is 17.9. The first-order valence-electron chi connectivity index (χ1n) is 7.12. The molecule has 23 heavy (non-hydrogen) atoms. The lowest BCUT2D eigenvalue weighted by Crippen LogP contribution is -2.34. The summed E-state index contributed by atoms with van der Waals surface area (Å²) in [7, 11) is 0. The number of hydrogen-bond acceptors (Lipinski definition) is 4. The van der Waals surface area contributed by atoms with Crippen molar-refractivity contribution >= 4 is 17.5 Å². The van der Waals surface area contributed by atoms with E-state index in [9.17, 15) is 9.59 Å². The van der Waals surface area contributed by atoms with Crippen molar-refractivity contribution in [3.05, 3.63) is 65.7 Å². The van der Waals surface area contributed by atoms with Gasteiger partial charge in [0.05, 0.1) is 5.71 Å². The van der Waals surface area contributed by atoms with Crippen molar-refractivity contribution in [2.45, 2.75) is 12.5 Å². The molecule has 116 valence electrons. The van der Waals surface area contributed by atoms with Crippen LogP contribution in [-0.4, -0.2) is 17.5 Å². The molecule has 1 unspecified atom stereocenters. The van der Waals surface area contributed by atoms with Gasteiger partial charge in [-0.15, -0.1) is 0 Å². The molecule has 0 saturated carbocycles. The number of amides is 2. The highest BCUT2D eigenvalue weighted by molar-refractivity contribution is 6.34. The molecule has 6 nitrogen and oxygen atoms in total. The van der Waals surface area contributed by atoms with Crippen molar-refractivity contribution < 1.29 is 14.3 Å². The van der Waals surface area contributed by atoms with Crippen LogP contribution in [0.3, 0.4) is 0 Å². The minimum atomic E-state index is -1.07. The van der Waals surface area contributed by atoms with Crippen molar-refractivity contribution in [2.24, 2.45) is 10.8 Å². The fourth-order valence-corrected chi connectivity index (χ4v) is 2.42. The molecule has 1 aliphatic heterocycles. The zero-order valence-electron chi connectivity index (χ0n) is 12.2. The zero-order valence-corrected chi connectivity index (χ0v) is 12.2. The molecule has 0 bridgehead atoms. The Morgan fingerprint density at radius 3 is 2.52 bits per heavy atom. The van der Waals surface area contributed by atoms with Crippen LogP contribution in [0.25, 0.3) is 0 Å². The smallest absolute Gasteiger partial charge is 0.329 e. The lowest BCUT2D eigenvalue weighted by atomic mass is 9.96. The van der Waals surface area contributed by atoms with E-state index in [0.29, 0.717) is 17.9 Å². The SMILES string of the molecule is NC(=O)C(=O)NN=C1CC(c2ccccc2)Oc2ccccc21. The molecular weight excluding hydrogens is 294 g/mol. The van der Waals surface area contributed by atoms with Gasteiger partial charge in [-0.3, -0.25) is 9.59 Å². The van der Waals surface area contributed by atoms with Crippen molar-refractivity contribution in [2.75, 3.05) is 0 Å². The Bertz CT molecular complexity index is 772. The number of primary amides is 1. The van der Waals surface area contributed by atoms with E-state index in [0.717, 1.165) is 11.1 Å². The summed E-state index contributed by atoms with van der Waals surface area (Å²) in [5.74, 6) is -1.34. The Morgan fingerprint density at radius 2 is 1.78 bits per heavy atom. The quantitative estimate of drug-likeness (QED) is 0.650. The second kappa shape index (κ2) is 6.31. The molecule has 3 N–H and O–H groups in total. The number of nitrogens with one attached hydrogen (secondary N) is 1. The number of nitrogens with two attached hydrogens (primary N) is 1. The minimum Gasteiger partial charge on any atom is -0.485 e. The topological polar surface area (TPSA) is 93.8 Å². The molecule has 2 aromatic carbocycles. The Morgan fingerprint density at radius 1 is 1.09 bits per heavy atom. The summed E-state index contributed by atoms with van der Waals surface area (Å²) in [5.41, 5.74) is 9.53. The molecule has 3 rings (SSSR count). The van der Waals surface area contributed by atoms with Crippen LogP contribution in [0, 0.1) is 0 Å². The van der Waals surface area contributed by atoms with E-state index in [1.807, 2.05) is 54.6 Å². The van der Waals surface area contributed by atoms with Crippen molar-refractivity contribution in [3.63, 3.8) is 0 Å². The number of ether oxygens (including phenoxy) is 1. The maximum absolute atomic E-state index is 11.3. The number of para-hydroxylation sites is 1. The lowest BCUT2D eigenvalue weighted by Gasteiger charge is -2.27. The maximum atomic E-state index is 11.3. The number of fused-ring (bicyclic) bond motifs is 1. The van der Waals surface area contributed by atoms with Gasteiger partial charge in [0.25, 0.3) is 0 Å². The standard InChI is InChI=1S/C17H15N3O3/c18-16(21)17(22)20-19-13-10-15(11-6-2-1-3-7-11)23-14-9-5-4-8-12(13)14/h1-9,15H,10H2,(H2,18,21)(H,20,22). The van der Waals surface area contributed by atoms with Gasteiger partial charge in [-0.25, -0.2) is 5.43 Å². The third-order valence-corrected chi connectivity index (χ3v) is 3.53. The van der Waals surface area contributed by atoms with Crippen molar-refractivity contribution in [3.8, 4) is 5.75 Å². The first kappa shape index (κ1) is 14.8. The summed E-state index contributed by atoms with van der Waals surface area (Å²) in [4.78, 5) is 22.1. The third-order valence-electron chi connectivity index (χ3n) is 3.53. The van der Waals surface area contributed by atoms with Gasteiger partial charge in [0, 0.05) is 12.0 Å². The molecule has 2 aromatic rings. The van der Waals surface area contributed by atoms with Crippen molar-refractivity contribution in [1.82, 2.24) is 5.43 Å². The molecule has 6 heteroatoms. The van der Waals surface area contributed by atoms with Gasteiger partial charge in [0.15, 0.2) is 0 Å². The summed E-state index contributed by atoms with van der Waals surface area (Å²) >= 11 is 0. The van der Waals surface area contributed by atoms with Crippen LogP contribution in [-0.2, 0) is 9.59 Å². The molecule has 2 amide bonds. The summed E-state index contributed by atoms with van der Waals surface area (Å²) in [6, 6.07) is 17.2. The Balaban J connectivity index is 1.93. The third kappa shape index (κ3) is 3.21. The first-order chi connectivity index (χ1) is 11.1. The molecule has 1 atom stereocenters. The second-order valence-corrected chi connectivity index (χ2v) is 5.08. The monoisotopic (exact) mass is 309 g/mol. The van der Waals surface area contributed by atoms with Gasteiger partial charge in [-0.05, 0) is 17.7 Å². The molecule has 0 saturated heterocycles. The highest BCUT2D eigenvalue weighted by atomic mass is 16.5. The van der Waals surface area contributed by atoms with Crippen LogP contribution < -0.4 is 15.9 Å². The van der Waals surface area contributed by atoms with Gasteiger partial charge in [0.1, 0.15) is 11.9 Å². The fourth-order valence-electron chi connectivity index (χ4n) is 2.42. The molecule has 1 heterocycles. The second-order valence-electron chi connectivity index (χ2n) is 5.08. The van der Waals surface area contributed by atoms with Gasteiger partial charge >= 0.3 is 11.8 Å². The molecule has 0 aliphatic carbocycles. The first-order valence-corrected chi connectivity index (χ1v) is 7.12. The summed E-state index contributed by atoms with van der Waals surface area (Å²) in [6.07, 6.45) is 0.260. The van der Waals surface area contributed by atoms with E-state index in [-0.39, 0.29) is 6.10 Å². The number of hydrogen-bond donors (Lipinski definition) is 2. The van der Waals surface area contributed by atoms with E-state index >= 15 is 0 Å². The van der Waals surface area contributed by atoms with Crippen LogP contribution in [0.4, 0.5) is 0 Å². The average Bonchev–Trinajstić information content (AvgIpc) is 2.59. The Hall–Kier alpha value is -3.15. The maximum Gasteiger partial charge on any atom is 0.329 e. The lowest BCUT2D eigenvalue weighted by molar-refractivity contribution is -0.137. The van der Waals surface area contributed by atoms with Gasteiger partial charge in [-0.2, -0.15) is 5.10 Å². The number of rotatable bonds is 2. The average molecular weight is 309 g/mol. The summed E-state index contributed by atoms with van der Waals surface area (Å²) in [5, 5.41) is 4.06. The molecule has 1 aliphatic rings. The highest BCUT2D eigenvalue weighted by Gasteiger charge is 2.26. The van der Waals surface area contributed by atoms with E-state index in [2.05, 4.69) is 10.5 Å². The van der Waals surface area contributed by atoms with E-state index in [1.165, 1.54) is 0 Å². The highest BCUT2D eigenvalue weighted by Crippen LogP contribution is 2.34. The molecule has 0 fully saturated rings. The number of benzene rings is 2. The molecule has 0 aromatic heterocycles. The van der Waals surface area contributed by atoms with Gasteiger partial charge in [0.2, 0.25) is 0 Å². The number of nitrogens with zero attached hydrogens (tertiary/aromatic N) is 1. The molecular formula is C17H15N3O3. The predicted molar refractivity (Wildman–Crippen MR) is 84.7 cm³/mol. The number of carbonyl (C=O) groups excluding carboxylic acids is 2. The van der Waals surface area contributed by atoms with Gasteiger partial charge < -0.3 is 10.5 Å². The largest absolute Gasteiger partial charge is 0.485 e. The van der Waals surface area contributed by atoms with Crippen LogP contribution in [0.5, 0.6) is 5.75 Å². The van der Waals surface area contributed by atoms with Crippen LogP contribution in [0.1, 0.15) is 23.7 Å². The molecule has 0 radical (unpaired) electrons. The minimum absolute atomic E-state index is 0.213. The zero-order chi connectivity index (χ0) is 16.2. The van der Waals surface area contributed by atoms with E-state index in [1.54, 1.807) is 0 Å². The Kier molecular flexibility index (Phi) is 4.05. The predicted octanol–water partition coefficient (Wildman–Crippen LogP) is 1.52. The summed E-state index contributed by atoms with van der Waals surface area (Å²) in [6.45, 7) is 0. The van der Waals surface area contributed by atoms with E-state index in [4.69, 9.17) is 10.5 Å². The van der Waals surface area contributed by atoms with E-state index < -0.39 is 11.8 Å². The Labute approximate surface area is 132 Å². The fraction of sp³-hybridized carbons (Fsp3) is 0.118. The molecule has 0 spiro atoms. The number of carbonyl (C=O) groups is 2.